The Morgan fingerprint density at radius 3 is 2.27 bits per heavy atom. The minimum Gasteiger partial charge on any atom is -0.313 e. The van der Waals surface area contributed by atoms with Crippen LogP contribution in [0.15, 0.2) is 0 Å². The predicted molar refractivity (Wildman–Crippen MR) is 71.6 cm³/mol. The first kappa shape index (κ1) is 13.4. The molecule has 1 fully saturated rings. The maximum atomic E-state index is 3.73. The van der Waals surface area contributed by atoms with Crippen molar-refractivity contribution in [3.8, 4) is 0 Å². The van der Waals surface area contributed by atoms with Crippen LogP contribution in [0.25, 0.3) is 0 Å². The molecule has 2 heteroatoms. The van der Waals surface area contributed by atoms with Crippen LogP contribution in [0.3, 0.4) is 0 Å². The second-order valence-corrected chi connectivity index (χ2v) is 7.80. The fourth-order valence-corrected chi connectivity index (χ4v) is 2.29. The molecular formula is C13H27NS. The highest BCUT2D eigenvalue weighted by atomic mass is 32.2. The van der Waals surface area contributed by atoms with Crippen LogP contribution in [0.1, 0.15) is 53.4 Å². The zero-order valence-corrected chi connectivity index (χ0v) is 11.8. The Balaban J connectivity index is 2.25. The lowest BCUT2D eigenvalue weighted by molar-refractivity contribution is 0.205. The summed E-state index contributed by atoms with van der Waals surface area (Å²) in [5.74, 6) is 0. The summed E-state index contributed by atoms with van der Waals surface area (Å²) >= 11 is 1.95. The standard InChI is InChI=1S/C13H27NS/c1-12(2)8-6-11(7-9-12)14-10-13(3,4)15-5/h11,14H,6-10H2,1-5H3. The van der Waals surface area contributed by atoms with E-state index in [4.69, 9.17) is 0 Å². The smallest absolute Gasteiger partial charge is 0.0225 e. The van der Waals surface area contributed by atoms with Crippen LogP contribution >= 0.6 is 11.8 Å². The van der Waals surface area contributed by atoms with Crippen LogP contribution in [0.2, 0.25) is 0 Å². The summed E-state index contributed by atoms with van der Waals surface area (Å²) < 4.78 is 0.382. The molecule has 1 nitrogen and oxygen atoms in total. The maximum Gasteiger partial charge on any atom is 0.0225 e. The van der Waals surface area contributed by atoms with Crippen molar-refractivity contribution in [2.45, 2.75) is 64.2 Å². The highest BCUT2D eigenvalue weighted by molar-refractivity contribution is 7.99. The van der Waals surface area contributed by atoms with Crippen LogP contribution in [-0.2, 0) is 0 Å². The van der Waals surface area contributed by atoms with E-state index in [1.807, 2.05) is 11.8 Å². The van der Waals surface area contributed by atoms with Crippen molar-refractivity contribution < 1.29 is 0 Å². The van der Waals surface area contributed by atoms with Gasteiger partial charge in [0.25, 0.3) is 0 Å². The molecule has 0 bridgehead atoms. The van der Waals surface area contributed by atoms with Gasteiger partial charge in [-0.1, -0.05) is 13.8 Å². The maximum absolute atomic E-state index is 3.73. The minimum atomic E-state index is 0.382. The van der Waals surface area contributed by atoms with Crippen molar-refractivity contribution in [3.05, 3.63) is 0 Å². The molecule has 1 saturated carbocycles. The monoisotopic (exact) mass is 229 g/mol. The molecule has 1 aliphatic carbocycles. The molecule has 0 atom stereocenters. The SMILES string of the molecule is CSC(C)(C)CNC1CCC(C)(C)CC1. The molecule has 0 spiro atoms. The van der Waals surface area contributed by atoms with Crippen LogP contribution in [-0.4, -0.2) is 23.6 Å². The largest absolute Gasteiger partial charge is 0.313 e. The van der Waals surface area contributed by atoms with E-state index in [0.29, 0.717) is 10.2 Å². The summed E-state index contributed by atoms with van der Waals surface area (Å²) in [6.45, 7) is 10.6. The quantitative estimate of drug-likeness (QED) is 0.789. The summed E-state index contributed by atoms with van der Waals surface area (Å²) in [7, 11) is 0. The van der Waals surface area contributed by atoms with E-state index >= 15 is 0 Å². The lowest BCUT2D eigenvalue weighted by atomic mass is 9.75. The van der Waals surface area contributed by atoms with Gasteiger partial charge in [-0.25, -0.2) is 0 Å². The Bertz CT molecular complexity index is 189. The van der Waals surface area contributed by atoms with E-state index in [0.717, 1.165) is 12.6 Å². The van der Waals surface area contributed by atoms with E-state index in [2.05, 4.69) is 39.3 Å². The molecule has 0 radical (unpaired) electrons. The van der Waals surface area contributed by atoms with Gasteiger partial charge < -0.3 is 5.32 Å². The lowest BCUT2D eigenvalue weighted by Gasteiger charge is -2.36. The first-order chi connectivity index (χ1) is 6.85. The summed E-state index contributed by atoms with van der Waals surface area (Å²) in [4.78, 5) is 0. The van der Waals surface area contributed by atoms with Gasteiger partial charge in [0.2, 0.25) is 0 Å². The molecule has 0 aromatic heterocycles. The van der Waals surface area contributed by atoms with E-state index in [9.17, 15) is 0 Å². The van der Waals surface area contributed by atoms with Gasteiger partial charge in [0.15, 0.2) is 0 Å². The second kappa shape index (κ2) is 5.09. The van der Waals surface area contributed by atoms with Crippen molar-refractivity contribution in [1.82, 2.24) is 5.32 Å². The van der Waals surface area contributed by atoms with Crippen molar-refractivity contribution >= 4 is 11.8 Å². The number of thioether (sulfide) groups is 1. The zero-order valence-electron chi connectivity index (χ0n) is 11.0. The van der Waals surface area contributed by atoms with E-state index in [1.165, 1.54) is 25.7 Å². The molecule has 0 aromatic carbocycles. The normalized spacial score (nSPS) is 23.0. The van der Waals surface area contributed by atoms with Gasteiger partial charge in [-0.05, 0) is 51.2 Å². The molecule has 0 heterocycles. The molecule has 0 saturated heterocycles. The molecule has 0 aromatic rings. The summed E-state index contributed by atoms with van der Waals surface area (Å²) in [6.07, 6.45) is 7.68. The zero-order chi connectivity index (χ0) is 11.5. The number of hydrogen-bond acceptors (Lipinski definition) is 2. The predicted octanol–water partition coefficient (Wildman–Crippen LogP) is 3.69. The summed E-state index contributed by atoms with van der Waals surface area (Å²) in [5.41, 5.74) is 0.590. The fourth-order valence-electron chi connectivity index (χ4n) is 2.07. The average molecular weight is 229 g/mol. The molecular weight excluding hydrogens is 202 g/mol. The molecule has 15 heavy (non-hydrogen) atoms. The van der Waals surface area contributed by atoms with Crippen LogP contribution < -0.4 is 5.32 Å². The Morgan fingerprint density at radius 2 is 1.80 bits per heavy atom. The average Bonchev–Trinajstić information content (AvgIpc) is 2.16. The Kier molecular flexibility index (Phi) is 4.54. The Hall–Kier alpha value is 0.310. The molecule has 0 aliphatic heterocycles. The topological polar surface area (TPSA) is 12.0 Å². The third-order valence-electron chi connectivity index (χ3n) is 3.71. The van der Waals surface area contributed by atoms with Crippen molar-refractivity contribution in [1.29, 1.82) is 0 Å². The molecule has 90 valence electrons. The van der Waals surface area contributed by atoms with Crippen LogP contribution in [0.4, 0.5) is 0 Å². The highest BCUT2D eigenvalue weighted by Crippen LogP contribution is 2.35. The van der Waals surface area contributed by atoms with Crippen molar-refractivity contribution in [2.24, 2.45) is 5.41 Å². The third kappa shape index (κ3) is 4.78. The molecule has 1 rings (SSSR count). The number of rotatable bonds is 4. The van der Waals surface area contributed by atoms with E-state index < -0.39 is 0 Å². The lowest BCUT2D eigenvalue weighted by Crippen LogP contribution is -2.41. The van der Waals surface area contributed by atoms with E-state index in [1.54, 1.807) is 0 Å². The molecule has 1 aliphatic rings. The van der Waals surface area contributed by atoms with Gasteiger partial charge >= 0.3 is 0 Å². The fraction of sp³-hybridized carbons (Fsp3) is 1.00. The van der Waals surface area contributed by atoms with E-state index in [-0.39, 0.29) is 0 Å². The molecule has 0 amide bonds. The van der Waals surface area contributed by atoms with Gasteiger partial charge in [-0.2, -0.15) is 11.8 Å². The Morgan fingerprint density at radius 1 is 1.27 bits per heavy atom. The number of hydrogen-bond donors (Lipinski definition) is 1. The van der Waals surface area contributed by atoms with Crippen molar-refractivity contribution in [2.75, 3.05) is 12.8 Å². The molecule has 1 N–H and O–H groups in total. The van der Waals surface area contributed by atoms with Crippen LogP contribution in [0.5, 0.6) is 0 Å². The van der Waals surface area contributed by atoms with Gasteiger partial charge in [0, 0.05) is 17.3 Å². The van der Waals surface area contributed by atoms with Gasteiger partial charge in [0.1, 0.15) is 0 Å². The second-order valence-electron chi connectivity index (χ2n) is 6.28. The molecule has 0 unspecified atom stereocenters. The van der Waals surface area contributed by atoms with Gasteiger partial charge in [-0.3, -0.25) is 0 Å². The number of nitrogens with one attached hydrogen (secondary N) is 1. The van der Waals surface area contributed by atoms with Crippen LogP contribution in [0, 0.1) is 5.41 Å². The van der Waals surface area contributed by atoms with Crippen molar-refractivity contribution in [3.63, 3.8) is 0 Å². The Labute approximate surface area is 99.8 Å². The summed E-state index contributed by atoms with van der Waals surface area (Å²) in [5, 5.41) is 3.73. The first-order valence-corrected chi connectivity index (χ1v) is 7.36. The van der Waals surface area contributed by atoms with Gasteiger partial charge in [-0.15, -0.1) is 0 Å². The first-order valence-electron chi connectivity index (χ1n) is 6.13. The highest BCUT2D eigenvalue weighted by Gasteiger charge is 2.27. The third-order valence-corrected chi connectivity index (χ3v) is 4.96. The van der Waals surface area contributed by atoms with Gasteiger partial charge in [0.05, 0.1) is 0 Å². The summed E-state index contributed by atoms with van der Waals surface area (Å²) in [6, 6.07) is 0.768. The minimum absolute atomic E-state index is 0.382.